The highest BCUT2D eigenvalue weighted by Gasteiger charge is 2.25. The molecule has 0 atom stereocenters. The lowest BCUT2D eigenvalue weighted by Gasteiger charge is -2.32. The fraction of sp³-hybridized carbons (Fsp3) is 0.429. The van der Waals surface area contributed by atoms with Crippen LogP contribution in [0.5, 0.6) is 0 Å². The number of nitrogens with zero attached hydrogens (tertiary/aromatic N) is 3. The molecule has 1 fully saturated rings. The number of hydrogen-bond donors (Lipinski definition) is 3. The molecule has 2 heterocycles. The van der Waals surface area contributed by atoms with Crippen LogP contribution < -0.4 is 15.4 Å². The number of nitrogens with two attached hydrogens (primary N) is 1. The molecule has 3 rings (SSSR count). The molecule has 0 bridgehead atoms. The van der Waals surface area contributed by atoms with Crippen LogP contribution in [-0.4, -0.2) is 42.9 Å². The Morgan fingerprint density at radius 3 is 2.67 bits per heavy atom. The molecule has 24 heavy (non-hydrogen) atoms. The fourth-order valence-electron chi connectivity index (χ4n) is 2.96. The maximum Gasteiger partial charge on any atom is 0.246 e. The Bertz CT molecular complexity index is 830. The lowest BCUT2D eigenvalue weighted by atomic mass is 9.88. The van der Waals surface area contributed by atoms with Gasteiger partial charge in [-0.2, -0.15) is 4.98 Å². The second kappa shape index (κ2) is 6.48. The maximum atomic E-state index is 11.6. The van der Waals surface area contributed by atoms with Crippen molar-refractivity contribution < 1.29 is 8.42 Å². The number of halogens is 1. The largest absolute Gasteiger partial charge is 0.368 e. The van der Waals surface area contributed by atoms with Gasteiger partial charge < -0.3 is 10.6 Å². The minimum absolute atomic E-state index is 0.209. The Morgan fingerprint density at radius 1 is 1.38 bits per heavy atom. The summed E-state index contributed by atoms with van der Waals surface area (Å²) in [5, 5.41) is 7.29. The quantitative estimate of drug-likeness (QED) is 0.755. The van der Waals surface area contributed by atoms with Crippen molar-refractivity contribution in [3.05, 3.63) is 28.8 Å². The van der Waals surface area contributed by atoms with Gasteiger partial charge in [0.2, 0.25) is 21.9 Å². The van der Waals surface area contributed by atoms with Crippen molar-refractivity contribution in [3.63, 3.8) is 0 Å². The monoisotopic (exact) mass is 370 g/mol. The summed E-state index contributed by atoms with van der Waals surface area (Å²) in [6.45, 7) is 1.51. The van der Waals surface area contributed by atoms with E-state index in [4.69, 9.17) is 17.3 Å². The fourth-order valence-corrected chi connectivity index (χ4v) is 3.73. The van der Waals surface area contributed by atoms with Crippen molar-refractivity contribution >= 4 is 39.2 Å². The van der Waals surface area contributed by atoms with Crippen LogP contribution in [0.25, 0.3) is 0 Å². The summed E-state index contributed by atoms with van der Waals surface area (Å²) < 4.78 is 25.7. The summed E-state index contributed by atoms with van der Waals surface area (Å²) in [7, 11) is -3.34. The number of H-pyrrole nitrogens is 1. The molecule has 1 aliphatic rings. The van der Waals surface area contributed by atoms with Crippen molar-refractivity contribution in [2.75, 3.05) is 34.7 Å². The van der Waals surface area contributed by atoms with Gasteiger partial charge >= 0.3 is 0 Å². The van der Waals surface area contributed by atoms with Gasteiger partial charge in [-0.15, -0.1) is 5.10 Å². The SMILES string of the molecule is CS(=O)(=O)Nc1ccc(Cl)cc1C1CCN(c2n[nH]c(N)n2)CC1. The number of hydrogen-bond acceptors (Lipinski definition) is 6. The van der Waals surface area contributed by atoms with Crippen LogP contribution in [0.15, 0.2) is 18.2 Å². The molecule has 4 N–H and O–H groups in total. The minimum atomic E-state index is -3.34. The molecule has 0 saturated carbocycles. The molecule has 130 valence electrons. The molecular formula is C14H19ClN6O2S. The molecule has 2 aromatic rings. The van der Waals surface area contributed by atoms with Gasteiger partial charge in [-0.1, -0.05) is 11.6 Å². The molecule has 1 aliphatic heterocycles. The predicted octanol–water partition coefficient (Wildman–Crippen LogP) is 1.80. The average molecular weight is 371 g/mol. The van der Waals surface area contributed by atoms with Crippen LogP contribution in [0.2, 0.25) is 5.02 Å². The Hall–Kier alpha value is -2.00. The van der Waals surface area contributed by atoms with Crippen LogP contribution in [-0.2, 0) is 10.0 Å². The van der Waals surface area contributed by atoms with Gasteiger partial charge in [0.1, 0.15) is 0 Å². The van der Waals surface area contributed by atoms with Crippen LogP contribution in [0, 0.1) is 0 Å². The summed E-state index contributed by atoms with van der Waals surface area (Å²) in [5.41, 5.74) is 7.07. The highest BCUT2D eigenvalue weighted by molar-refractivity contribution is 7.92. The number of piperidine rings is 1. The summed E-state index contributed by atoms with van der Waals surface area (Å²) in [4.78, 5) is 6.19. The van der Waals surface area contributed by atoms with Gasteiger partial charge in [-0.3, -0.25) is 4.72 Å². The summed E-state index contributed by atoms with van der Waals surface area (Å²) >= 11 is 6.11. The van der Waals surface area contributed by atoms with E-state index < -0.39 is 10.0 Å². The first-order valence-electron chi connectivity index (χ1n) is 7.52. The molecule has 1 aromatic carbocycles. The number of aromatic amines is 1. The van der Waals surface area contributed by atoms with E-state index >= 15 is 0 Å². The standard InChI is InChI=1S/C14H19ClN6O2S/c1-24(22,23)20-12-3-2-10(15)8-11(12)9-4-6-21(7-5-9)14-17-13(16)18-19-14/h2-3,8-9,20H,4-7H2,1H3,(H3,16,17,18,19). The molecule has 0 unspecified atom stereocenters. The Morgan fingerprint density at radius 2 is 2.08 bits per heavy atom. The molecule has 0 radical (unpaired) electrons. The number of anilines is 3. The smallest absolute Gasteiger partial charge is 0.246 e. The van der Waals surface area contributed by atoms with Gasteiger partial charge in [0.15, 0.2) is 0 Å². The average Bonchev–Trinajstić information content (AvgIpc) is 2.95. The van der Waals surface area contributed by atoms with E-state index in [0.717, 1.165) is 37.8 Å². The van der Waals surface area contributed by atoms with Gasteiger partial charge in [-0.05, 0) is 42.5 Å². The predicted molar refractivity (Wildman–Crippen MR) is 94.9 cm³/mol. The van der Waals surface area contributed by atoms with Crippen LogP contribution in [0.3, 0.4) is 0 Å². The Balaban J connectivity index is 1.77. The molecular weight excluding hydrogens is 352 g/mol. The lowest BCUT2D eigenvalue weighted by Crippen LogP contribution is -2.34. The number of aromatic nitrogens is 3. The lowest BCUT2D eigenvalue weighted by molar-refractivity contribution is 0.501. The first-order chi connectivity index (χ1) is 11.3. The number of sulfonamides is 1. The summed E-state index contributed by atoms with van der Waals surface area (Å²) in [6.07, 6.45) is 2.82. The molecule has 1 saturated heterocycles. The van der Waals surface area contributed by atoms with E-state index in [0.29, 0.717) is 22.6 Å². The normalized spacial score (nSPS) is 16.3. The topological polar surface area (TPSA) is 117 Å². The van der Waals surface area contributed by atoms with Crippen molar-refractivity contribution in [3.8, 4) is 0 Å². The molecule has 0 amide bonds. The minimum Gasteiger partial charge on any atom is -0.368 e. The van der Waals surface area contributed by atoms with Gasteiger partial charge in [0, 0.05) is 18.1 Å². The van der Waals surface area contributed by atoms with Gasteiger partial charge in [-0.25, -0.2) is 13.5 Å². The first-order valence-corrected chi connectivity index (χ1v) is 9.79. The molecule has 0 aliphatic carbocycles. The zero-order valence-corrected chi connectivity index (χ0v) is 14.7. The van der Waals surface area contributed by atoms with Crippen molar-refractivity contribution in [1.29, 1.82) is 0 Å². The Kier molecular flexibility index (Phi) is 4.55. The highest BCUT2D eigenvalue weighted by atomic mass is 35.5. The number of rotatable bonds is 4. The highest BCUT2D eigenvalue weighted by Crippen LogP contribution is 2.35. The van der Waals surface area contributed by atoms with E-state index in [1.165, 1.54) is 0 Å². The molecule has 10 heteroatoms. The molecule has 0 spiro atoms. The first kappa shape index (κ1) is 16.8. The third kappa shape index (κ3) is 3.90. The van der Waals surface area contributed by atoms with E-state index in [9.17, 15) is 8.42 Å². The van der Waals surface area contributed by atoms with Crippen molar-refractivity contribution in [2.24, 2.45) is 0 Å². The van der Waals surface area contributed by atoms with Crippen molar-refractivity contribution in [1.82, 2.24) is 15.2 Å². The van der Waals surface area contributed by atoms with E-state index in [2.05, 4.69) is 24.8 Å². The van der Waals surface area contributed by atoms with Gasteiger partial charge in [0.05, 0.1) is 11.9 Å². The Labute approximate surface area is 145 Å². The van der Waals surface area contributed by atoms with Crippen LogP contribution in [0.4, 0.5) is 17.6 Å². The zero-order valence-electron chi connectivity index (χ0n) is 13.2. The third-order valence-electron chi connectivity index (χ3n) is 4.02. The van der Waals surface area contributed by atoms with Crippen LogP contribution in [0.1, 0.15) is 24.3 Å². The van der Waals surface area contributed by atoms with E-state index in [1.54, 1.807) is 12.1 Å². The number of nitrogens with one attached hydrogen (secondary N) is 2. The zero-order chi connectivity index (χ0) is 17.3. The third-order valence-corrected chi connectivity index (χ3v) is 4.84. The number of benzene rings is 1. The van der Waals surface area contributed by atoms with E-state index in [-0.39, 0.29) is 5.92 Å². The van der Waals surface area contributed by atoms with Crippen LogP contribution >= 0.6 is 11.6 Å². The molecule has 8 nitrogen and oxygen atoms in total. The van der Waals surface area contributed by atoms with Crippen molar-refractivity contribution in [2.45, 2.75) is 18.8 Å². The van der Waals surface area contributed by atoms with Gasteiger partial charge in [0.25, 0.3) is 0 Å². The summed E-state index contributed by atoms with van der Waals surface area (Å²) in [5.74, 6) is 1.09. The summed E-state index contributed by atoms with van der Waals surface area (Å²) in [6, 6.07) is 5.23. The second-order valence-corrected chi connectivity index (χ2v) is 8.07. The van der Waals surface area contributed by atoms with E-state index in [1.807, 2.05) is 6.07 Å². The second-order valence-electron chi connectivity index (χ2n) is 5.89. The number of nitrogen functional groups attached to an aromatic ring is 1. The maximum absolute atomic E-state index is 11.6. The molecule has 1 aromatic heterocycles.